The molecule has 5 heterocycles. The molecular weight excluding hydrogens is 956 g/mol. The number of aliphatic hydroxyl groups is 5. The van der Waals surface area contributed by atoms with Gasteiger partial charge in [0.05, 0.1) is 79.2 Å². The molecule has 1 aromatic heterocycles. The van der Waals surface area contributed by atoms with Crippen molar-refractivity contribution in [1.82, 2.24) is 24.8 Å². The van der Waals surface area contributed by atoms with Gasteiger partial charge in [0.25, 0.3) is 0 Å². The number of nitrogens with zero attached hydrogens (tertiary/aromatic N) is 6. The predicted octanol–water partition coefficient (Wildman–Crippen LogP) is 2.85. The van der Waals surface area contributed by atoms with Crippen molar-refractivity contribution in [2.45, 2.75) is 204 Å². The van der Waals surface area contributed by atoms with Gasteiger partial charge in [-0.3, -0.25) is 9.69 Å². The lowest BCUT2D eigenvalue weighted by Gasteiger charge is -2.50. The fourth-order valence-corrected chi connectivity index (χ4v) is 11.4. The van der Waals surface area contributed by atoms with E-state index in [0.29, 0.717) is 17.9 Å². The summed E-state index contributed by atoms with van der Waals surface area (Å²) < 4.78 is 65.7. The van der Waals surface area contributed by atoms with Crippen LogP contribution in [0.4, 0.5) is 14.9 Å². The molecule has 22 heteroatoms. The molecule has 0 bridgehead atoms. The van der Waals surface area contributed by atoms with Crippen LogP contribution in [0.5, 0.6) is 0 Å². The average Bonchev–Trinajstić information content (AvgIpc) is 3.93. The average molecular weight is 1040 g/mol. The van der Waals surface area contributed by atoms with Crippen molar-refractivity contribution in [2.75, 3.05) is 46.2 Å². The summed E-state index contributed by atoms with van der Waals surface area (Å²) in [6, 6.07) is 4.37. The zero-order valence-electron chi connectivity index (χ0n) is 45.0. The van der Waals surface area contributed by atoms with Gasteiger partial charge < -0.3 is 73.2 Å². The predicted molar refractivity (Wildman–Crippen MR) is 262 cm³/mol. The molecular formula is C51H83FN6O15. The standard InChI is InChI=1S/C51H83FN6O15/c1-15-37-51(10,65)43(60)30(5)56(13)22-27(2)20-49(8,64)45(28(3)41(29(4)46(62)71-37)72-38-21-50(9,66-14)44(61)32(7)68-38)73-47-40(59)39(55(11)12)42(31(6)69-47)67-26-34-23-57(54-53-34)24-36-25-58(48(63)70-36)35-18-16-17-33(52)19-35/h16-19,23,27-32,36-45,47,59-61,64-65H,15,20-22,24-26H2,1-14H3/t27-,28+,29-,30-,31-,32+,36+,37-,38+,39-,40-,41+,42-,43-,44+,45-,47+,49-,50-,51-/m1/s1. The number of ether oxygens (including phenoxy) is 8. The van der Waals surface area contributed by atoms with Crippen molar-refractivity contribution in [3.05, 3.63) is 42.0 Å². The Bertz CT molecular complexity index is 2140. The number of cyclic esters (lactones) is 2. The largest absolute Gasteiger partial charge is 0.459 e. The lowest BCUT2D eigenvalue weighted by molar-refractivity contribution is -0.330. The Balaban J connectivity index is 1.26. The molecule has 4 aliphatic rings. The first-order valence-electron chi connectivity index (χ1n) is 25.6. The molecule has 0 aliphatic carbocycles. The third-order valence-electron chi connectivity index (χ3n) is 15.7. The Morgan fingerprint density at radius 2 is 1.62 bits per heavy atom. The van der Waals surface area contributed by atoms with E-state index >= 15 is 0 Å². The Morgan fingerprint density at radius 1 is 0.918 bits per heavy atom. The van der Waals surface area contributed by atoms with Gasteiger partial charge in [-0.05, 0) is 107 Å². The number of carbonyl (C=O) groups is 2. The van der Waals surface area contributed by atoms with Gasteiger partial charge in [-0.15, -0.1) is 5.10 Å². The lowest BCUT2D eigenvalue weighted by Crippen LogP contribution is -2.65. The molecule has 20 atom stereocenters. The Hall–Kier alpha value is -3.49. The highest BCUT2D eigenvalue weighted by Gasteiger charge is 2.54. The second kappa shape index (κ2) is 23.8. The summed E-state index contributed by atoms with van der Waals surface area (Å²) in [5, 5.41) is 68.3. The van der Waals surface area contributed by atoms with E-state index in [1.54, 1.807) is 86.6 Å². The minimum absolute atomic E-state index is 0.0283. The number of likely N-dealkylation sites (N-methyl/N-ethyl adjacent to an activating group) is 2. The van der Waals surface area contributed by atoms with Crippen molar-refractivity contribution in [3.8, 4) is 0 Å². The van der Waals surface area contributed by atoms with Crippen LogP contribution in [0.3, 0.4) is 0 Å². The molecule has 4 saturated heterocycles. The van der Waals surface area contributed by atoms with E-state index in [1.807, 2.05) is 18.9 Å². The molecule has 0 spiro atoms. The molecule has 5 N–H and O–H groups in total. The van der Waals surface area contributed by atoms with E-state index in [4.69, 9.17) is 37.9 Å². The zero-order chi connectivity index (χ0) is 54.1. The first kappa shape index (κ1) is 58.8. The fourth-order valence-electron chi connectivity index (χ4n) is 11.4. The third kappa shape index (κ3) is 13.2. The van der Waals surface area contributed by atoms with Gasteiger partial charge >= 0.3 is 12.1 Å². The summed E-state index contributed by atoms with van der Waals surface area (Å²) in [5.41, 5.74) is -3.82. The number of anilines is 1. The monoisotopic (exact) mass is 1040 g/mol. The number of hydrogen-bond donors (Lipinski definition) is 5. The van der Waals surface area contributed by atoms with Gasteiger partial charge in [0, 0.05) is 32.0 Å². The molecule has 1 aromatic carbocycles. The SMILES string of the molecule is CC[C@H]1OC(=O)[C@H](C)[C@@H](O[C@H]2C[C@@](C)(OC)[C@@H](O)[C@H](C)O2)[C@H](C)[C@@H](O[C@@H]2O[C@H](C)[C@@H](OCc3cn(C[C@H]4CN(c5cccc(F)c5)C(=O)O4)nn3)[C@H](N(C)C)[C@H]2O)[C@](C)(O)C[C@@H](C)CN(C)[C@H](C)[C@@H](O)[C@]1(C)O. The highest BCUT2D eigenvalue weighted by atomic mass is 19.1. The second-order valence-corrected chi connectivity index (χ2v) is 22.1. The Morgan fingerprint density at radius 3 is 2.26 bits per heavy atom. The molecule has 21 nitrogen and oxygen atoms in total. The van der Waals surface area contributed by atoms with E-state index in [-0.39, 0.29) is 44.9 Å². The van der Waals surface area contributed by atoms with E-state index < -0.39 is 132 Å². The summed E-state index contributed by atoms with van der Waals surface area (Å²) in [5.74, 6) is -3.44. The van der Waals surface area contributed by atoms with Crippen LogP contribution in [0.25, 0.3) is 0 Å². The topological polar surface area (TPSA) is 250 Å². The molecule has 0 saturated carbocycles. The number of aromatic nitrogens is 3. The van der Waals surface area contributed by atoms with E-state index in [0.717, 1.165) is 0 Å². The Labute approximate surface area is 429 Å². The maximum atomic E-state index is 14.5. The number of amides is 1. The number of rotatable bonds is 13. The number of methoxy groups -OCH3 is 1. The highest BCUT2D eigenvalue weighted by Crippen LogP contribution is 2.41. The second-order valence-electron chi connectivity index (χ2n) is 22.1. The molecule has 73 heavy (non-hydrogen) atoms. The number of aliphatic hydroxyl groups excluding tert-OH is 3. The van der Waals surface area contributed by atoms with Crippen molar-refractivity contribution in [2.24, 2.45) is 17.8 Å². The van der Waals surface area contributed by atoms with Crippen molar-refractivity contribution < 1.29 is 77.4 Å². The van der Waals surface area contributed by atoms with E-state index in [2.05, 4.69) is 10.3 Å². The lowest BCUT2D eigenvalue weighted by atomic mass is 9.77. The molecule has 4 aliphatic heterocycles. The maximum Gasteiger partial charge on any atom is 0.414 e. The van der Waals surface area contributed by atoms with Gasteiger partial charge in [0.2, 0.25) is 0 Å². The smallest absolute Gasteiger partial charge is 0.414 e. The zero-order valence-corrected chi connectivity index (χ0v) is 45.0. The van der Waals surface area contributed by atoms with Gasteiger partial charge in [-0.25, -0.2) is 13.9 Å². The molecule has 6 rings (SSSR count). The summed E-state index contributed by atoms with van der Waals surface area (Å²) in [4.78, 5) is 32.2. The third-order valence-corrected chi connectivity index (χ3v) is 15.7. The van der Waals surface area contributed by atoms with Crippen LogP contribution in [0.15, 0.2) is 30.5 Å². The van der Waals surface area contributed by atoms with Gasteiger partial charge in [0.1, 0.15) is 53.7 Å². The number of carbonyl (C=O) groups excluding carboxylic acids is 2. The van der Waals surface area contributed by atoms with Crippen LogP contribution in [0.2, 0.25) is 0 Å². The van der Waals surface area contributed by atoms with Crippen LogP contribution in [-0.4, -0.2) is 206 Å². The van der Waals surface area contributed by atoms with Gasteiger partial charge in [0.15, 0.2) is 12.6 Å². The number of halogens is 1. The summed E-state index contributed by atoms with van der Waals surface area (Å²) in [7, 11) is 6.88. The number of esters is 1. The van der Waals surface area contributed by atoms with Crippen LogP contribution < -0.4 is 4.90 Å². The van der Waals surface area contributed by atoms with E-state index in [9.17, 15) is 39.5 Å². The Kier molecular flexibility index (Phi) is 19.2. The van der Waals surface area contributed by atoms with Crippen LogP contribution >= 0.6 is 0 Å². The van der Waals surface area contributed by atoms with Gasteiger partial charge in [-0.2, -0.15) is 0 Å². The minimum atomic E-state index is -1.86. The maximum absolute atomic E-state index is 14.5. The normalized spacial score (nSPS) is 41.8. The summed E-state index contributed by atoms with van der Waals surface area (Å²) in [6.45, 7) is 17.9. The van der Waals surface area contributed by atoms with E-state index in [1.165, 1.54) is 41.8 Å². The molecule has 1 amide bonds. The molecule has 0 radical (unpaired) electrons. The fraction of sp³-hybridized carbons (Fsp3) is 0.804. The van der Waals surface area contributed by atoms with Crippen molar-refractivity contribution in [1.29, 1.82) is 0 Å². The van der Waals surface area contributed by atoms with Crippen molar-refractivity contribution >= 4 is 17.7 Å². The van der Waals surface area contributed by atoms with Crippen LogP contribution in [-0.2, 0) is 55.8 Å². The number of hydrogen-bond acceptors (Lipinski definition) is 19. The first-order chi connectivity index (χ1) is 34.1. The molecule has 0 unspecified atom stereocenters. The van der Waals surface area contributed by atoms with Gasteiger partial charge in [-0.1, -0.05) is 32.1 Å². The minimum Gasteiger partial charge on any atom is -0.459 e. The van der Waals surface area contributed by atoms with Crippen LogP contribution in [0.1, 0.15) is 94.2 Å². The molecule has 4 fully saturated rings. The number of benzene rings is 1. The molecule has 414 valence electrons. The highest BCUT2D eigenvalue weighted by molar-refractivity contribution is 5.89. The van der Waals surface area contributed by atoms with Crippen molar-refractivity contribution in [3.63, 3.8) is 0 Å². The van der Waals surface area contributed by atoms with Crippen LogP contribution in [0, 0.1) is 23.6 Å². The summed E-state index contributed by atoms with van der Waals surface area (Å²) >= 11 is 0. The quantitative estimate of drug-likeness (QED) is 0.181. The summed E-state index contributed by atoms with van der Waals surface area (Å²) in [6.07, 6.45) is -10.9. The molecule has 2 aromatic rings. The first-order valence-corrected chi connectivity index (χ1v) is 25.6.